The van der Waals surface area contributed by atoms with Gasteiger partial charge >= 0.3 is 6.18 Å². The second-order valence-corrected chi connectivity index (χ2v) is 8.50. The Kier molecular flexibility index (Phi) is 6.56. The van der Waals surface area contributed by atoms with Crippen LogP contribution in [0.2, 0.25) is 0 Å². The second kappa shape index (κ2) is 8.90. The number of hydrogen-bond donors (Lipinski definition) is 0. The van der Waals surface area contributed by atoms with E-state index in [0.717, 1.165) is 24.3 Å². The molecule has 0 spiro atoms. The third-order valence-electron chi connectivity index (χ3n) is 4.68. The molecule has 0 fully saturated rings. The van der Waals surface area contributed by atoms with E-state index < -0.39 is 34.3 Å². The Hall–Kier alpha value is -3.32. The third-order valence-corrected chi connectivity index (χ3v) is 6.00. The van der Waals surface area contributed by atoms with Gasteiger partial charge in [-0.15, -0.1) is 10.2 Å². The lowest BCUT2D eigenvalue weighted by molar-refractivity contribution is -0.141. The van der Waals surface area contributed by atoms with Crippen molar-refractivity contribution in [2.45, 2.75) is 18.0 Å². The Balaban J connectivity index is 0.00000306. The molecule has 0 saturated heterocycles. The van der Waals surface area contributed by atoms with E-state index in [1.807, 2.05) is 0 Å². The van der Waals surface area contributed by atoms with Crippen LogP contribution < -0.4 is 0 Å². The van der Waals surface area contributed by atoms with E-state index >= 15 is 0 Å². The van der Waals surface area contributed by atoms with Gasteiger partial charge in [-0.3, -0.25) is 9.19 Å². The second-order valence-electron chi connectivity index (χ2n) is 6.79. The molecular formula is C20H16F5N5O2S. The Labute approximate surface area is 186 Å². The molecule has 0 aliphatic rings. The number of pyridine rings is 1. The summed E-state index contributed by atoms with van der Waals surface area (Å²) >= 11 is 0. The zero-order chi connectivity index (χ0) is 23.2. The molecule has 4 rings (SSSR count). The van der Waals surface area contributed by atoms with Crippen LogP contribution >= 0.6 is 0 Å². The van der Waals surface area contributed by atoms with E-state index in [-0.39, 0.29) is 44.4 Å². The van der Waals surface area contributed by atoms with E-state index in [2.05, 4.69) is 20.2 Å². The SMILES string of the molecule is CCS(=O)c1cc(-c2cc(F)cc(F)c2)cnc1-c1nc2cc(C(F)(F)F)nnc2n1C.O. The number of rotatable bonds is 4. The van der Waals surface area contributed by atoms with Crippen LogP contribution in [0.3, 0.4) is 0 Å². The van der Waals surface area contributed by atoms with Crippen molar-refractivity contribution in [3.05, 3.63) is 53.9 Å². The van der Waals surface area contributed by atoms with Crippen LogP contribution in [0.15, 0.2) is 41.4 Å². The Morgan fingerprint density at radius 1 is 1.00 bits per heavy atom. The molecule has 3 aromatic heterocycles. The van der Waals surface area contributed by atoms with Crippen LogP contribution in [0, 0.1) is 11.6 Å². The highest BCUT2D eigenvalue weighted by Crippen LogP contribution is 2.32. The fourth-order valence-electron chi connectivity index (χ4n) is 3.16. The van der Waals surface area contributed by atoms with Gasteiger partial charge in [0.2, 0.25) is 0 Å². The minimum atomic E-state index is -4.69. The monoisotopic (exact) mass is 485 g/mol. The third kappa shape index (κ3) is 4.59. The number of aryl methyl sites for hydroxylation is 1. The van der Waals surface area contributed by atoms with Crippen molar-refractivity contribution in [2.75, 3.05) is 5.75 Å². The summed E-state index contributed by atoms with van der Waals surface area (Å²) in [7, 11) is -0.0483. The van der Waals surface area contributed by atoms with Crippen molar-refractivity contribution >= 4 is 22.0 Å². The molecule has 7 nitrogen and oxygen atoms in total. The Morgan fingerprint density at radius 2 is 1.67 bits per heavy atom. The van der Waals surface area contributed by atoms with Gasteiger partial charge in [0.05, 0.1) is 15.7 Å². The molecule has 1 unspecified atom stereocenters. The molecule has 0 aliphatic carbocycles. The first-order valence-corrected chi connectivity index (χ1v) is 10.5. The van der Waals surface area contributed by atoms with Gasteiger partial charge in [-0.05, 0) is 23.8 Å². The maximum absolute atomic E-state index is 13.6. The van der Waals surface area contributed by atoms with E-state index in [1.165, 1.54) is 23.9 Å². The number of benzene rings is 1. The van der Waals surface area contributed by atoms with Gasteiger partial charge in [-0.2, -0.15) is 13.2 Å². The summed E-state index contributed by atoms with van der Waals surface area (Å²) in [5, 5.41) is 6.82. The highest BCUT2D eigenvalue weighted by Gasteiger charge is 2.34. The minimum absolute atomic E-state index is 0. The summed E-state index contributed by atoms with van der Waals surface area (Å²) in [6, 6.07) is 5.20. The van der Waals surface area contributed by atoms with E-state index in [9.17, 15) is 26.2 Å². The molecule has 174 valence electrons. The summed E-state index contributed by atoms with van der Waals surface area (Å²) < 4.78 is 80.4. The summed E-state index contributed by atoms with van der Waals surface area (Å²) in [6.07, 6.45) is -3.36. The molecule has 1 atom stereocenters. The molecule has 1 aromatic carbocycles. The van der Waals surface area contributed by atoms with Crippen LogP contribution in [-0.4, -0.2) is 40.2 Å². The first kappa shape index (κ1) is 24.3. The number of halogens is 5. The van der Waals surface area contributed by atoms with Crippen molar-refractivity contribution in [3.8, 4) is 22.6 Å². The fourth-order valence-corrected chi connectivity index (χ4v) is 4.09. The normalized spacial score (nSPS) is 12.6. The predicted octanol–water partition coefficient (Wildman–Crippen LogP) is 3.69. The fraction of sp³-hybridized carbons (Fsp3) is 0.200. The van der Waals surface area contributed by atoms with Crippen LogP contribution in [0.4, 0.5) is 22.0 Å². The zero-order valence-electron chi connectivity index (χ0n) is 17.1. The Morgan fingerprint density at radius 3 is 2.27 bits per heavy atom. The van der Waals surface area contributed by atoms with Gasteiger partial charge in [0, 0.05) is 36.7 Å². The molecule has 0 bridgehead atoms. The molecule has 0 amide bonds. The molecule has 0 aliphatic heterocycles. The first-order chi connectivity index (χ1) is 15.1. The summed E-state index contributed by atoms with van der Waals surface area (Å²) in [6.45, 7) is 1.67. The molecular weight excluding hydrogens is 469 g/mol. The van der Waals surface area contributed by atoms with Gasteiger partial charge in [0.25, 0.3) is 0 Å². The van der Waals surface area contributed by atoms with Crippen LogP contribution in [0.5, 0.6) is 0 Å². The van der Waals surface area contributed by atoms with Crippen LogP contribution in [0.1, 0.15) is 12.6 Å². The quantitative estimate of drug-likeness (QED) is 0.410. The van der Waals surface area contributed by atoms with Crippen LogP contribution in [-0.2, 0) is 24.0 Å². The van der Waals surface area contributed by atoms with Gasteiger partial charge < -0.3 is 10.0 Å². The number of alkyl halides is 3. The average Bonchev–Trinajstić information content (AvgIpc) is 3.07. The first-order valence-electron chi connectivity index (χ1n) is 9.21. The number of aromatic nitrogens is 5. The summed E-state index contributed by atoms with van der Waals surface area (Å²) in [4.78, 5) is 8.72. The highest BCUT2D eigenvalue weighted by molar-refractivity contribution is 7.85. The number of fused-ring (bicyclic) bond motifs is 1. The maximum atomic E-state index is 13.6. The molecule has 13 heteroatoms. The van der Waals surface area contributed by atoms with E-state index in [0.29, 0.717) is 5.56 Å². The Bertz CT molecular complexity index is 1350. The van der Waals surface area contributed by atoms with Crippen molar-refractivity contribution in [2.24, 2.45) is 7.05 Å². The smallest absolute Gasteiger partial charge is 0.412 e. The standard InChI is InChI=1S/C20H14F5N5OS.H2O/c1-3-32(31)15-6-11(10-4-12(21)7-13(22)5-10)9-26-17(15)19-27-14-8-16(20(23,24)25)28-29-18(14)30(19)2;/h4-9H,3H2,1-2H3;1H2. The number of nitrogens with zero attached hydrogens (tertiary/aromatic N) is 5. The van der Waals surface area contributed by atoms with Gasteiger partial charge in [0.1, 0.15) is 22.8 Å². The minimum Gasteiger partial charge on any atom is -0.412 e. The molecule has 33 heavy (non-hydrogen) atoms. The zero-order valence-corrected chi connectivity index (χ0v) is 17.9. The van der Waals surface area contributed by atoms with Gasteiger partial charge in [-0.25, -0.2) is 13.8 Å². The van der Waals surface area contributed by atoms with Crippen LogP contribution in [0.25, 0.3) is 33.8 Å². The molecule has 0 radical (unpaired) electrons. The summed E-state index contributed by atoms with van der Waals surface area (Å²) in [5.41, 5.74) is -0.498. The van der Waals surface area contributed by atoms with Gasteiger partial charge in [-0.1, -0.05) is 6.92 Å². The number of hydrogen-bond acceptors (Lipinski definition) is 5. The molecule has 4 aromatic rings. The molecule has 2 N–H and O–H groups in total. The largest absolute Gasteiger partial charge is 0.435 e. The maximum Gasteiger partial charge on any atom is 0.435 e. The topological polar surface area (TPSA) is 105 Å². The lowest BCUT2D eigenvalue weighted by Crippen LogP contribution is -2.09. The molecule has 3 heterocycles. The lowest BCUT2D eigenvalue weighted by atomic mass is 10.1. The summed E-state index contributed by atoms with van der Waals surface area (Å²) in [5.74, 6) is -1.23. The number of imidazole rings is 1. The lowest BCUT2D eigenvalue weighted by Gasteiger charge is -2.10. The molecule has 0 saturated carbocycles. The van der Waals surface area contributed by atoms with E-state index in [4.69, 9.17) is 0 Å². The highest BCUT2D eigenvalue weighted by atomic mass is 32.2. The van der Waals surface area contributed by atoms with Crippen molar-refractivity contribution in [1.29, 1.82) is 0 Å². The van der Waals surface area contributed by atoms with Crippen molar-refractivity contribution < 1.29 is 31.6 Å². The van der Waals surface area contributed by atoms with Crippen molar-refractivity contribution in [1.82, 2.24) is 24.7 Å². The van der Waals surface area contributed by atoms with E-state index in [1.54, 1.807) is 6.92 Å². The average molecular weight is 485 g/mol. The predicted molar refractivity (Wildman–Crippen MR) is 110 cm³/mol. The van der Waals surface area contributed by atoms with Crippen molar-refractivity contribution in [3.63, 3.8) is 0 Å². The van der Waals surface area contributed by atoms with Gasteiger partial charge in [0.15, 0.2) is 17.2 Å².